The molecule has 1 saturated heterocycles. The number of nitrogens with one attached hydrogen (secondary N) is 1. The molecule has 9 heteroatoms. The third-order valence-electron chi connectivity index (χ3n) is 6.83. The monoisotopic (exact) mass is 487 g/mol. The van der Waals surface area contributed by atoms with Crippen molar-refractivity contribution in [2.45, 2.75) is 78.0 Å². The van der Waals surface area contributed by atoms with Crippen molar-refractivity contribution in [2.75, 3.05) is 18.0 Å². The van der Waals surface area contributed by atoms with Crippen molar-refractivity contribution in [3.8, 4) is 0 Å². The summed E-state index contributed by atoms with van der Waals surface area (Å²) in [5.74, 6) is -1.63. The zero-order valence-electron chi connectivity index (χ0n) is 21.0. The second-order valence-electron chi connectivity index (χ2n) is 10.7. The van der Waals surface area contributed by atoms with Crippen LogP contribution in [0.1, 0.15) is 75.8 Å². The van der Waals surface area contributed by atoms with E-state index in [1.165, 1.54) is 12.1 Å². The SMILES string of the molecule is CCc1c(N2CC[C@@H]([C@H](C)NC(=O)OC(C)(C)C)C2)c(F)cc2cc(C(=O)O)c(=O)n(C3CC3)c12. The number of fused-ring (bicyclic) bond motifs is 1. The smallest absolute Gasteiger partial charge is 0.407 e. The quantitative estimate of drug-likeness (QED) is 0.623. The van der Waals surface area contributed by atoms with E-state index in [1.807, 2.05) is 39.5 Å². The minimum Gasteiger partial charge on any atom is -0.477 e. The summed E-state index contributed by atoms with van der Waals surface area (Å²) in [6, 6.07) is 2.43. The van der Waals surface area contributed by atoms with Crippen molar-refractivity contribution in [1.29, 1.82) is 0 Å². The predicted molar refractivity (Wildman–Crippen MR) is 132 cm³/mol. The molecule has 1 aromatic carbocycles. The Morgan fingerprint density at radius 2 is 1.94 bits per heavy atom. The second kappa shape index (κ2) is 9.17. The average Bonchev–Trinajstić information content (AvgIpc) is 3.46. The predicted octanol–water partition coefficient (Wildman–Crippen LogP) is 4.48. The van der Waals surface area contributed by atoms with Gasteiger partial charge in [-0.2, -0.15) is 0 Å². The highest BCUT2D eigenvalue weighted by Gasteiger charge is 2.34. The molecule has 1 aromatic heterocycles. The number of carbonyl (C=O) groups excluding carboxylic acids is 1. The van der Waals surface area contributed by atoms with Crippen molar-refractivity contribution in [1.82, 2.24) is 9.88 Å². The molecule has 2 N–H and O–H groups in total. The average molecular weight is 488 g/mol. The van der Waals surface area contributed by atoms with E-state index in [2.05, 4.69) is 5.32 Å². The Balaban J connectivity index is 1.69. The summed E-state index contributed by atoms with van der Waals surface area (Å²) in [5, 5.41) is 12.9. The molecule has 1 saturated carbocycles. The summed E-state index contributed by atoms with van der Waals surface area (Å²) in [5.41, 5.74) is 0.354. The van der Waals surface area contributed by atoms with E-state index in [1.54, 1.807) is 4.57 Å². The Morgan fingerprint density at radius 1 is 1.26 bits per heavy atom. The number of anilines is 1. The lowest BCUT2D eigenvalue weighted by Gasteiger charge is -2.27. The molecule has 0 bridgehead atoms. The van der Waals surface area contributed by atoms with Crippen LogP contribution in [0, 0.1) is 11.7 Å². The van der Waals surface area contributed by atoms with Gasteiger partial charge in [0, 0.05) is 36.1 Å². The number of amides is 1. The van der Waals surface area contributed by atoms with Gasteiger partial charge in [-0.05, 0) is 71.4 Å². The van der Waals surface area contributed by atoms with Gasteiger partial charge in [0.25, 0.3) is 5.56 Å². The van der Waals surface area contributed by atoms with Crippen molar-refractivity contribution in [3.05, 3.63) is 39.4 Å². The summed E-state index contributed by atoms with van der Waals surface area (Å²) in [4.78, 5) is 38.9. The molecule has 8 nitrogen and oxygen atoms in total. The van der Waals surface area contributed by atoms with Crippen LogP contribution >= 0.6 is 0 Å². The Hall–Kier alpha value is -3.10. The maximum Gasteiger partial charge on any atom is 0.407 e. The molecule has 0 spiro atoms. The molecule has 0 unspecified atom stereocenters. The Morgan fingerprint density at radius 3 is 2.51 bits per heavy atom. The molecular weight excluding hydrogens is 453 g/mol. The zero-order valence-corrected chi connectivity index (χ0v) is 21.0. The maximum atomic E-state index is 15.6. The van der Waals surface area contributed by atoms with E-state index in [0.717, 1.165) is 19.3 Å². The molecule has 2 aliphatic rings. The maximum absolute atomic E-state index is 15.6. The number of aromatic carboxylic acids is 1. The fourth-order valence-corrected chi connectivity index (χ4v) is 5.07. The van der Waals surface area contributed by atoms with E-state index >= 15 is 4.39 Å². The molecule has 190 valence electrons. The van der Waals surface area contributed by atoms with Gasteiger partial charge in [-0.3, -0.25) is 4.79 Å². The fraction of sp³-hybridized carbons (Fsp3) is 0.577. The number of pyridine rings is 1. The van der Waals surface area contributed by atoms with E-state index in [0.29, 0.717) is 41.7 Å². The molecule has 2 aromatic rings. The molecule has 2 fully saturated rings. The summed E-state index contributed by atoms with van der Waals surface area (Å²) in [6.07, 6.45) is 2.39. The lowest BCUT2D eigenvalue weighted by molar-refractivity contribution is 0.0494. The zero-order chi connectivity index (χ0) is 25.7. The van der Waals surface area contributed by atoms with Crippen LogP contribution < -0.4 is 15.8 Å². The van der Waals surface area contributed by atoms with Gasteiger partial charge < -0.3 is 24.6 Å². The molecular formula is C26H34FN3O5. The number of aryl methyl sites for hydroxylation is 1. The minimum absolute atomic E-state index is 0.0581. The van der Waals surface area contributed by atoms with Gasteiger partial charge >= 0.3 is 12.1 Å². The van der Waals surface area contributed by atoms with Gasteiger partial charge in [-0.1, -0.05) is 6.92 Å². The van der Waals surface area contributed by atoms with Gasteiger partial charge in [0.1, 0.15) is 17.0 Å². The lowest BCUT2D eigenvalue weighted by Crippen LogP contribution is -2.42. The lowest BCUT2D eigenvalue weighted by atomic mass is 10.00. The first-order valence-electron chi connectivity index (χ1n) is 12.3. The van der Waals surface area contributed by atoms with Crippen LogP contribution in [-0.4, -0.2) is 46.5 Å². The topological polar surface area (TPSA) is 101 Å². The number of carboxylic acids is 1. The van der Waals surface area contributed by atoms with Crippen LogP contribution in [0.4, 0.5) is 14.9 Å². The normalized spacial score (nSPS) is 19.1. The van der Waals surface area contributed by atoms with Crippen LogP contribution in [0.15, 0.2) is 16.9 Å². The number of benzene rings is 1. The number of carbonyl (C=O) groups is 2. The van der Waals surface area contributed by atoms with Crippen molar-refractivity contribution in [2.24, 2.45) is 5.92 Å². The summed E-state index contributed by atoms with van der Waals surface area (Å²) in [6.45, 7) is 10.4. The number of aromatic nitrogens is 1. The Bertz CT molecular complexity index is 1230. The highest BCUT2D eigenvalue weighted by atomic mass is 19.1. The third-order valence-corrected chi connectivity index (χ3v) is 6.83. The number of hydrogen-bond acceptors (Lipinski definition) is 5. The fourth-order valence-electron chi connectivity index (χ4n) is 5.07. The summed E-state index contributed by atoms with van der Waals surface area (Å²) < 4.78 is 22.5. The molecule has 1 amide bonds. The van der Waals surface area contributed by atoms with E-state index in [-0.39, 0.29) is 23.6 Å². The number of hydrogen-bond donors (Lipinski definition) is 2. The highest BCUT2D eigenvalue weighted by Crippen LogP contribution is 2.41. The Labute approximate surface area is 204 Å². The molecule has 2 atom stereocenters. The summed E-state index contributed by atoms with van der Waals surface area (Å²) in [7, 11) is 0. The van der Waals surface area contributed by atoms with E-state index in [4.69, 9.17) is 4.74 Å². The molecule has 0 radical (unpaired) electrons. The van der Waals surface area contributed by atoms with Crippen LogP contribution in [0.3, 0.4) is 0 Å². The van der Waals surface area contributed by atoms with Crippen molar-refractivity contribution >= 4 is 28.7 Å². The summed E-state index contributed by atoms with van der Waals surface area (Å²) >= 11 is 0. The van der Waals surface area contributed by atoms with E-state index in [9.17, 15) is 19.5 Å². The number of ether oxygens (including phenoxy) is 1. The number of nitrogens with zero attached hydrogens (tertiary/aromatic N) is 2. The molecule has 2 heterocycles. The second-order valence-corrected chi connectivity index (χ2v) is 10.7. The van der Waals surface area contributed by atoms with E-state index < -0.39 is 29.0 Å². The number of carboxylic acid groups (broad SMARTS) is 1. The van der Waals surface area contributed by atoms with Gasteiger partial charge in [-0.15, -0.1) is 0 Å². The van der Waals surface area contributed by atoms with Gasteiger partial charge in [-0.25, -0.2) is 14.0 Å². The third kappa shape index (κ3) is 4.99. The van der Waals surface area contributed by atoms with Gasteiger partial charge in [0.2, 0.25) is 0 Å². The molecule has 35 heavy (non-hydrogen) atoms. The number of halogens is 1. The first-order chi connectivity index (χ1) is 16.4. The highest BCUT2D eigenvalue weighted by molar-refractivity contribution is 5.95. The number of rotatable bonds is 6. The number of alkyl carbamates (subject to hydrolysis) is 1. The van der Waals surface area contributed by atoms with Crippen LogP contribution in [0.5, 0.6) is 0 Å². The van der Waals surface area contributed by atoms with Gasteiger partial charge in [0.15, 0.2) is 0 Å². The van der Waals surface area contributed by atoms with Crippen LogP contribution in [-0.2, 0) is 11.2 Å². The molecule has 1 aliphatic carbocycles. The standard InChI is InChI=1S/C26H34FN3O5/c1-6-18-21-16(11-19(24(32)33)23(31)30(21)17-7-8-17)12-20(27)22(18)29-10-9-15(13-29)14(2)28-25(34)35-26(3,4)5/h11-12,14-15,17H,6-10,13H2,1-5H3,(H,28,34)(H,32,33)/t14-,15+/m0/s1. The molecule has 1 aliphatic heterocycles. The van der Waals surface area contributed by atoms with Crippen LogP contribution in [0.2, 0.25) is 0 Å². The van der Waals surface area contributed by atoms with Crippen molar-refractivity contribution in [3.63, 3.8) is 0 Å². The minimum atomic E-state index is -1.30. The van der Waals surface area contributed by atoms with Crippen LogP contribution in [0.25, 0.3) is 10.9 Å². The first kappa shape index (κ1) is 25.0. The Kier molecular flexibility index (Phi) is 6.55. The molecule has 4 rings (SSSR count). The van der Waals surface area contributed by atoms with Gasteiger partial charge in [0.05, 0.1) is 11.2 Å². The van der Waals surface area contributed by atoms with Crippen molar-refractivity contribution < 1.29 is 23.8 Å². The first-order valence-corrected chi connectivity index (χ1v) is 12.3. The largest absolute Gasteiger partial charge is 0.477 e.